The Labute approximate surface area is 119 Å². The van der Waals surface area contributed by atoms with Crippen LogP contribution < -0.4 is 5.32 Å². The van der Waals surface area contributed by atoms with Gasteiger partial charge in [-0.05, 0) is 30.3 Å². The van der Waals surface area contributed by atoms with Gasteiger partial charge in [-0.25, -0.2) is 0 Å². The van der Waals surface area contributed by atoms with Crippen LogP contribution in [0.1, 0.15) is 18.5 Å². The average Bonchev–Trinajstić information content (AvgIpc) is 2.53. The molecule has 1 aromatic carbocycles. The molecule has 1 fully saturated rings. The maximum atomic E-state index is 5.86. The van der Waals surface area contributed by atoms with E-state index < -0.39 is 0 Å². The van der Waals surface area contributed by atoms with Gasteiger partial charge in [0, 0.05) is 11.6 Å². The van der Waals surface area contributed by atoms with E-state index in [1.54, 1.807) is 0 Å². The molecule has 3 rings (SSSR count). The van der Waals surface area contributed by atoms with Crippen LogP contribution in [0.5, 0.6) is 0 Å². The topological polar surface area (TPSA) is 43.4 Å². The molecule has 0 saturated carbocycles. The first-order chi connectivity index (χ1) is 9.88. The summed E-state index contributed by atoms with van der Waals surface area (Å²) in [7, 11) is 0. The highest BCUT2D eigenvalue weighted by Crippen LogP contribution is 2.24. The third-order valence-corrected chi connectivity index (χ3v) is 3.62. The van der Waals surface area contributed by atoms with E-state index in [0.717, 1.165) is 17.4 Å². The normalized spacial score (nSPS) is 20.9. The van der Waals surface area contributed by atoms with E-state index in [0.29, 0.717) is 19.8 Å². The van der Waals surface area contributed by atoms with E-state index in [4.69, 9.17) is 9.47 Å². The fraction of sp³-hybridized carbons (Fsp3) is 0.438. The third kappa shape index (κ3) is 2.82. The van der Waals surface area contributed by atoms with Crippen molar-refractivity contribution in [3.63, 3.8) is 0 Å². The molecule has 20 heavy (non-hydrogen) atoms. The monoisotopic (exact) mass is 272 g/mol. The molecule has 4 nitrogen and oxygen atoms in total. The van der Waals surface area contributed by atoms with Gasteiger partial charge < -0.3 is 14.8 Å². The standard InChI is InChI=1S/C16H20N2O2/c1-2-17-16(15-11-19-8-9-20-15)13-5-6-14-12(10-13)4-3-7-18-14/h3-7,10,15-17H,2,8-9,11H2,1H3. The molecule has 0 amide bonds. The van der Waals surface area contributed by atoms with Crippen molar-refractivity contribution in [1.29, 1.82) is 0 Å². The van der Waals surface area contributed by atoms with E-state index in [2.05, 4.69) is 41.5 Å². The van der Waals surface area contributed by atoms with Crippen molar-refractivity contribution >= 4 is 10.9 Å². The molecule has 106 valence electrons. The summed E-state index contributed by atoms with van der Waals surface area (Å²) in [5, 5.41) is 4.66. The van der Waals surface area contributed by atoms with Gasteiger partial charge in [0.05, 0.1) is 31.4 Å². The minimum absolute atomic E-state index is 0.0674. The number of hydrogen-bond acceptors (Lipinski definition) is 4. The van der Waals surface area contributed by atoms with Gasteiger partial charge in [0.2, 0.25) is 0 Å². The largest absolute Gasteiger partial charge is 0.376 e. The van der Waals surface area contributed by atoms with Crippen LogP contribution in [-0.4, -0.2) is 37.5 Å². The van der Waals surface area contributed by atoms with Gasteiger partial charge in [0.25, 0.3) is 0 Å². The van der Waals surface area contributed by atoms with Crippen LogP contribution in [0.3, 0.4) is 0 Å². The smallest absolute Gasteiger partial charge is 0.100 e. The first kappa shape index (κ1) is 13.5. The number of pyridine rings is 1. The summed E-state index contributed by atoms with van der Waals surface area (Å²) in [5.74, 6) is 0. The van der Waals surface area contributed by atoms with Crippen LogP contribution in [0.2, 0.25) is 0 Å². The van der Waals surface area contributed by atoms with Crippen LogP contribution in [0, 0.1) is 0 Å². The van der Waals surface area contributed by atoms with Gasteiger partial charge in [-0.2, -0.15) is 0 Å². The maximum Gasteiger partial charge on any atom is 0.100 e. The lowest BCUT2D eigenvalue weighted by Gasteiger charge is -2.31. The number of ether oxygens (including phenoxy) is 2. The summed E-state index contributed by atoms with van der Waals surface area (Å²) in [6, 6.07) is 10.6. The van der Waals surface area contributed by atoms with Crippen LogP contribution in [0.15, 0.2) is 36.5 Å². The molecule has 1 aliphatic heterocycles. The molecule has 2 unspecified atom stereocenters. The first-order valence-corrected chi connectivity index (χ1v) is 7.16. The molecule has 4 heteroatoms. The number of hydrogen-bond donors (Lipinski definition) is 1. The van der Waals surface area contributed by atoms with Gasteiger partial charge in [-0.3, -0.25) is 4.98 Å². The molecule has 2 aromatic rings. The molecular weight excluding hydrogens is 252 g/mol. The molecule has 0 radical (unpaired) electrons. The SMILES string of the molecule is CCNC(c1ccc2ncccc2c1)C1COCCO1. The summed E-state index contributed by atoms with van der Waals surface area (Å²) < 4.78 is 11.4. The quantitative estimate of drug-likeness (QED) is 0.927. The molecule has 1 saturated heterocycles. The number of rotatable bonds is 4. The van der Waals surface area contributed by atoms with E-state index in [1.165, 1.54) is 5.56 Å². The predicted octanol–water partition coefficient (Wildman–Crippen LogP) is 2.30. The summed E-state index contributed by atoms with van der Waals surface area (Å²) in [6.07, 6.45) is 1.89. The second kappa shape index (κ2) is 6.31. The van der Waals surface area contributed by atoms with E-state index in [1.807, 2.05) is 12.3 Å². The Balaban J connectivity index is 1.91. The van der Waals surface area contributed by atoms with Crippen LogP contribution >= 0.6 is 0 Å². The molecule has 2 heterocycles. The van der Waals surface area contributed by atoms with Crippen LogP contribution in [-0.2, 0) is 9.47 Å². The second-order valence-electron chi connectivity index (χ2n) is 4.98. The van der Waals surface area contributed by atoms with Gasteiger partial charge >= 0.3 is 0 Å². The van der Waals surface area contributed by atoms with Gasteiger partial charge in [-0.15, -0.1) is 0 Å². The highest BCUT2D eigenvalue weighted by Gasteiger charge is 2.26. The van der Waals surface area contributed by atoms with Gasteiger partial charge in [0.15, 0.2) is 0 Å². The zero-order valence-electron chi connectivity index (χ0n) is 11.7. The Morgan fingerprint density at radius 3 is 3.10 bits per heavy atom. The number of aromatic nitrogens is 1. The first-order valence-electron chi connectivity index (χ1n) is 7.16. The van der Waals surface area contributed by atoms with Crippen molar-refractivity contribution in [2.24, 2.45) is 0 Å². The lowest BCUT2D eigenvalue weighted by Crippen LogP contribution is -2.40. The zero-order chi connectivity index (χ0) is 13.8. The average molecular weight is 272 g/mol. The minimum Gasteiger partial charge on any atom is -0.376 e. The summed E-state index contributed by atoms with van der Waals surface area (Å²) >= 11 is 0. The molecule has 2 atom stereocenters. The van der Waals surface area contributed by atoms with E-state index in [9.17, 15) is 0 Å². The molecule has 1 aliphatic rings. The second-order valence-corrected chi connectivity index (χ2v) is 4.98. The Bertz CT molecular complexity index is 567. The molecule has 1 aromatic heterocycles. The molecule has 0 aliphatic carbocycles. The molecule has 1 N–H and O–H groups in total. The van der Waals surface area contributed by atoms with Gasteiger partial charge in [0.1, 0.15) is 6.10 Å². The summed E-state index contributed by atoms with van der Waals surface area (Å²) in [5.41, 5.74) is 2.25. The number of benzene rings is 1. The third-order valence-electron chi connectivity index (χ3n) is 3.62. The van der Waals surface area contributed by atoms with Crippen LogP contribution in [0.25, 0.3) is 10.9 Å². The van der Waals surface area contributed by atoms with Gasteiger partial charge in [-0.1, -0.05) is 19.1 Å². The lowest BCUT2D eigenvalue weighted by atomic mass is 9.99. The molecule has 0 spiro atoms. The van der Waals surface area contributed by atoms with Crippen molar-refractivity contribution in [2.45, 2.75) is 19.1 Å². The predicted molar refractivity (Wildman–Crippen MR) is 78.7 cm³/mol. The van der Waals surface area contributed by atoms with Crippen molar-refractivity contribution in [1.82, 2.24) is 10.3 Å². The molecule has 0 bridgehead atoms. The van der Waals surface area contributed by atoms with E-state index >= 15 is 0 Å². The zero-order valence-corrected chi connectivity index (χ0v) is 11.7. The Hall–Kier alpha value is -1.49. The summed E-state index contributed by atoms with van der Waals surface area (Å²) in [4.78, 5) is 4.36. The van der Waals surface area contributed by atoms with Crippen molar-refractivity contribution in [3.05, 3.63) is 42.1 Å². The highest BCUT2D eigenvalue weighted by molar-refractivity contribution is 5.79. The van der Waals surface area contributed by atoms with Crippen molar-refractivity contribution < 1.29 is 9.47 Å². The fourth-order valence-electron chi connectivity index (χ4n) is 2.67. The number of fused-ring (bicyclic) bond motifs is 1. The number of likely N-dealkylation sites (N-methyl/N-ethyl adjacent to an activating group) is 1. The Morgan fingerprint density at radius 2 is 2.30 bits per heavy atom. The fourth-order valence-corrected chi connectivity index (χ4v) is 2.67. The summed E-state index contributed by atoms with van der Waals surface area (Å²) in [6.45, 7) is 5.01. The number of nitrogens with zero attached hydrogens (tertiary/aromatic N) is 1. The number of nitrogens with one attached hydrogen (secondary N) is 1. The lowest BCUT2D eigenvalue weighted by molar-refractivity contribution is -0.102. The highest BCUT2D eigenvalue weighted by atomic mass is 16.6. The Morgan fingerprint density at radius 1 is 1.35 bits per heavy atom. The minimum atomic E-state index is 0.0674. The van der Waals surface area contributed by atoms with E-state index in [-0.39, 0.29) is 12.1 Å². The van der Waals surface area contributed by atoms with Crippen molar-refractivity contribution in [2.75, 3.05) is 26.4 Å². The van der Waals surface area contributed by atoms with Crippen molar-refractivity contribution in [3.8, 4) is 0 Å². The molecular formula is C16H20N2O2. The maximum absolute atomic E-state index is 5.86. The Kier molecular flexibility index (Phi) is 4.25. The van der Waals surface area contributed by atoms with Crippen LogP contribution in [0.4, 0.5) is 0 Å².